The van der Waals surface area contributed by atoms with Crippen LogP contribution in [-0.2, 0) is 11.2 Å². The molecule has 0 saturated carbocycles. The number of nitrogens with zero attached hydrogens (tertiary/aromatic N) is 1. The van der Waals surface area contributed by atoms with Gasteiger partial charge in [-0.15, -0.1) is 0 Å². The lowest BCUT2D eigenvalue weighted by atomic mass is 9.85. The molecule has 1 fully saturated rings. The topological polar surface area (TPSA) is 42.4 Å². The van der Waals surface area contributed by atoms with Crippen molar-refractivity contribution in [3.05, 3.63) is 17.1 Å². The Morgan fingerprint density at radius 1 is 1.71 bits per heavy atom. The molecule has 78 valence electrons. The van der Waals surface area contributed by atoms with Gasteiger partial charge in [-0.05, 0) is 24.5 Å². The summed E-state index contributed by atoms with van der Waals surface area (Å²) in [6, 6.07) is 1.96. The van der Waals surface area contributed by atoms with Crippen LogP contribution in [0.15, 0.2) is 12.3 Å². The van der Waals surface area contributed by atoms with E-state index in [0.29, 0.717) is 13.0 Å². The Balaban J connectivity index is 2.10. The Bertz CT molecular complexity index is 301. The van der Waals surface area contributed by atoms with Crippen LogP contribution in [0.3, 0.4) is 0 Å². The van der Waals surface area contributed by atoms with Crippen molar-refractivity contribution in [3.63, 3.8) is 0 Å². The van der Waals surface area contributed by atoms with Crippen molar-refractivity contribution in [2.75, 3.05) is 6.61 Å². The lowest BCUT2D eigenvalue weighted by molar-refractivity contribution is 0.00634. The number of hydrogen-bond acceptors (Lipinski definition) is 4. The average Bonchev–Trinajstić information content (AvgIpc) is 2.72. The molecule has 4 heteroatoms. The molecule has 3 atom stereocenters. The summed E-state index contributed by atoms with van der Waals surface area (Å²) in [5.74, 6) is 0.185. The molecule has 0 radical (unpaired) electrons. The summed E-state index contributed by atoms with van der Waals surface area (Å²) in [5.41, 5.74) is -0.702. The highest BCUT2D eigenvalue weighted by molar-refractivity contribution is 7.05. The Hall–Kier alpha value is -0.450. The van der Waals surface area contributed by atoms with Crippen LogP contribution < -0.4 is 0 Å². The summed E-state index contributed by atoms with van der Waals surface area (Å²) in [4.78, 5) is 1.12. The molecule has 3 unspecified atom stereocenters. The lowest BCUT2D eigenvalue weighted by Crippen LogP contribution is -2.39. The molecule has 1 N–H and O–H groups in total. The number of hydrogen-bond donors (Lipinski definition) is 1. The Morgan fingerprint density at radius 3 is 3.00 bits per heavy atom. The van der Waals surface area contributed by atoms with Crippen LogP contribution in [0.25, 0.3) is 0 Å². The van der Waals surface area contributed by atoms with E-state index in [1.807, 2.05) is 19.9 Å². The van der Waals surface area contributed by atoms with Crippen LogP contribution in [0.2, 0.25) is 0 Å². The van der Waals surface area contributed by atoms with Gasteiger partial charge in [-0.25, -0.2) is 4.37 Å². The van der Waals surface area contributed by atoms with Gasteiger partial charge in [-0.1, -0.05) is 6.92 Å². The van der Waals surface area contributed by atoms with E-state index < -0.39 is 5.60 Å². The van der Waals surface area contributed by atoms with Gasteiger partial charge in [-0.2, -0.15) is 0 Å². The van der Waals surface area contributed by atoms with Gasteiger partial charge in [0.25, 0.3) is 0 Å². The van der Waals surface area contributed by atoms with Gasteiger partial charge in [0.1, 0.15) is 0 Å². The van der Waals surface area contributed by atoms with Gasteiger partial charge < -0.3 is 9.84 Å². The maximum absolute atomic E-state index is 10.4. The van der Waals surface area contributed by atoms with E-state index in [1.165, 1.54) is 11.5 Å². The normalized spacial score (nSPS) is 37.6. The lowest BCUT2D eigenvalue weighted by Gasteiger charge is -2.25. The minimum Gasteiger partial charge on any atom is -0.387 e. The van der Waals surface area contributed by atoms with Crippen LogP contribution >= 0.6 is 11.5 Å². The third-order valence-corrected chi connectivity index (χ3v) is 3.86. The number of rotatable bonds is 2. The zero-order valence-corrected chi connectivity index (χ0v) is 9.25. The standard InChI is InChI=1S/C10H15NO2S/c1-7-8(2)13-6-10(7,12)5-9-3-4-11-14-9/h3-4,7-8,12H,5-6H2,1-2H3. The van der Waals surface area contributed by atoms with Crippen LogP contribution in [0, 0.1) is 5.92 Å². The highest BCUT2D eigenvalue weighted by atomic mass is 32.1. The fraction of sp³-hybridized carbons (Fsp3) is 0.700. The minimum absolute atomic E-state index is 0.146. The van der Waals surface area contributed by atoms with Crippen molar-refractivity contribution >= 4 is 11.5 Å². The van der Waals surface area contributed by atoms with E-state index in [2.05, 4.69) is 4.37 Å². The van der Waals surface area contributed by atoms with Crippen molar-refractivity contribution in [2.45, 2.75) is 32.0 Å². The zero-order valence-electron chi connectivity index (χ0n) is 8.43. The third kappa shape index (κ3) is 1.69. The molecule has 1 aliphatic heterocycles. The van der Waals surface area contributed by atoms with E-state index in [4.69, 9.17) is 4.74 Å². The monoisotopic (exact) mass is 213 g/mol. The Kier molecular flexibility index (Phi) is 2.60. The molecular weight excluding hydrogens is 198 g/mol. The number of ether oxygens (including phenoxy) is 1. The average molecular weight is 213 g/mol. The third-order valence-electron chi connectivity index (χ3n) is 3.12. The molecule has 1 aromatic rings. The van der Waals surface area contributed by atoms with Gasteiger partial charge in [0.2, 0.25) is 0 Å². The van der Waals surface area contributed by atoms with Crippen LogP contribution in [0.1, 0.15) is 18.7 Å². The molecular formula is C10H15NO2S. The number of aromatic nitrogens is 1. The molecule has 0 bridgehead atoms. The Labute approximate surface area is 87.9 Å². The second kappa shape index (κ2) is 3.61. The summed E-state index contributed by atoms with van der Waals surface area (Å²) in [6.45, 7) is 4.49. The van der Waals surface area contributed by atoms with Crippen molar-refractivity contribution in [2.24, 2.45) is 5.92 Å². The maximum atomic E-state index is 10.4. The van der Waals surface area contributed by atoms with Crippen molar-refractivity contribution in [3.8, 4) is 0 Å². The zero-order chi connectivity index (χ0) is 10.2. The Morgan fingerprint density at radius 2 is 2.50 bits per heavy atom. The fourth-order valence-electron chi connectivity index (χ4n) is 1.84. The molecule has 1 aliphatic rings. The molecule has 1 saturated heterocycles. The van der Waals surface area contributed by atoms with E-state index in [9.17, 15) is 5.11 Å². The SMILES string of the molecule is CC1OCC(O)(Cc2ccns2)C1C. The van der Waals surface area contributed by atoms with Crippen LogP contribution in [-0.4, -0.2) is 27.8 Å². The molecule has 0 aromatic carbocycles. The predicted molar refractivity (Wildman–Crippen MR) is 55.3 cm³/mol. The second-order valence-corrected chi connectivity index (χ2v) is 4.98. The first kappa shape index (κ1) is 10.1. The summed E-state index contributed by atoms with van der Waals surface area (Å²) in [5, 5.41) is 10.4. The summed E-state index contributed by atoms with van der Waals surface area (Å²) < 4.78 is 9.49. The highest BCUT2D eigenvalue weighted by Crippen LogP contribution is 2.33. The van der Waals surface area contributed by atoms with Crippen LogP contribution in [0.4, 0.5) is 0 Å². The van der Waals surface area contributed by atoms with Gasteiger partial charge in [0.05, 0.1) is 18.3 Å². The number of aliphatic hydroxyl groups is 1. The quantitative estimate of drug-likeness (QED) is 0.809. The van der Waals surface area contributed by atoms with Crippen molar-refractivity contribution < 1.29 is 9.84 Å². The van der Waals surface area contributed by atoms with E-state index in [0.717, 1.165) is 4.88 Å². The minimum atomic E-state index is -0.702. The molecule has 0 amide bonds. The molecule has 0 spiro atoms. The first-order chi connectivity index (χ1) is 6.62. The highest BCUT2D eigenvalue weighted by Gasteiger charge is 2.44. The molecule has 2 rings (SSSR count). The first-order valence-electron chi connectivity index (χ1n) is 4.85. The van der Waals surface area contributed by atoms with Gasteiger partial charge in [0.15, 0.2) is 0 Å². The molecule has 1 aromatic heterocycles. The fourth-order valence-corrected chi connectivity index (χ4v) is 2.53. The molecule has 14 heavy (non-hydrogen) atoms. The van der Waals surface area contributed by atoms with Gasteiger partial charge >= 0.3 is 0 Å². The van der Waals surface area contributed by atoms with Gasteiger partial charge in [-0.3, -0.25) is 0 Å². The smallest absolute Gasteiger partial charge is 0.0978 e. The molecule has 2 heterocycles. The molecule has 3 nitrogen and oxygen atoms in total. The van der Waals surface area contributed by atoms with Gasteiger partial charge in [0, 0.05) is 23.4 Å². The van der Waals surface area contributed by atoms with E-state index in [-0.39, 0.29) is 12.0 Å². The van der Waals surface area contributed by atoms with E-state index >= 15 is 0 Å². The van der Waals surface area contributed by atoms with Crippen molar-refractivity contribution in [1.82, 2.24) is 4.37 Å². The summed E-state index contributed by atoms with van der Waals surface area (Å²) >= 11 is 1.45. The summed E-state index contributed by atoms with van der Waals surface area (Å²) in [6.07, 6.45) is 2.57. The largest absolute Gasteiger partial charge is 0.387 e. The maximum Gasteiger partial charge on any atom is 0.0978 e. The summed E-state index contributed by atoms with van der Waals surface area (Å²) in [7, 11) is 0. The van der Waals surface area contributed by atoms with Crippen molar-refractivity contribution in [1.29, 1.82) is 0 Å². The van der Waals surface area contributed by atoms with Crippen LogP contribution in [0.5, 0.6) is 0 Å². The first-order valence-corrected chi connectivity index (χ1v) is 5.63. The predicted octanol–water partition coefficient (Wildman–Crippen LogP) is 1.47. The van der Waals surface area contributed by atoms with E-state index in [1.54, 1.807) is 6.20 Å². The molecule has 0 aliphatic carbocycles. The second-order valence-electron chi connectivity index (χ2n) is 4.06.